The van der Waals surface area contributed by atoms with Crippen LogP contribution in [-0.4, -0.2) is 49.9 Å². The van der Waals surface area contributed by atoms with E-state index in [1.807, 2.05) is 6.92 Å². The third kappa shape index (κ3) is 2.67. The summed E-state index contributed by atoms with van der Waals surface area (Å²) < 4.78 is 13.1. The Hall–Kier alpha value is -2.29. The second-order valence-corrected chi connectivity index (χ2v) is 3.96. The summed E-state index contributed by atoms with van der Waals surface area (Å²) in [5.41, 5.74) is 0.696. The van der Waals surface area contributed by atoms with Gasteiger partial charge in [-0.05, 0) is 6.92 Å². The van der Waals surface area contributed by atoms with Crippen molar-refractivity contribution in [2.24, 2.45) is 0 Å². The van der Waals surface area contributed by atoms with Crippen molar-refractivity contribution in [3.63, 3.8) is 0 Å². The molecule has 0 aromatic carbocycles. The van der Waals surface area contributed by atoms with Gasteiger partial charge in [0.15, 0.2) is 5.69 Å². The number of methoxy groups -OCH3 is 2. The van der Waals surface area contributed by atoms with E-state index >= 15 is 0 Å². The zero-order valence-corrected chi connectivity index (χ0v) is 11.6. The molecule has 20 heavy (non-hydrogen) atoms. The Labute approximate surface area is 115 Å². The van der Waals surface area contributed by atoms with E-state index in [4.69, 9.17) is 4.74 Å². The van der Waals surface area contributed by atoms with Gasteiger partial charge in [0.1, 0.15) is 18.7 Å². The van der Waals surface area contributed by atoms with Gasteiger partial charge < -0.3 is 9.47 Å². The minimum absolute atomic E-state index is 0.150. The van der Waals surface area contributed by atoms with E-state index in [1.165, 1.54) is 20.5 Å². The Morgan fingerprint density at radius 3 is 2.80 bits per heavy atom. The summed E-state index contributed by atoms with van der Waals surface area (Å²) in [5.74, 6) is 0.187. The van der Waals surface area contributed by atoms with E-state index < -0.39 is 5.97 Å². The fourth-order valence-electron chi connectivity index (χ4n) is 1.80. The number of esters is 1. The van der Waals surface area contributed by atoms with E-state index in [9.17, 15) is 4.79 Å². The zero-order valence-electron chi connectivity index (χ0n) is 11.6. The lowest BCUT2D eigenvalue weighted by Gasteiger charge is -2.07. The molecule has 0 amide bonds. The largest absolute Gasteiger partial charge is 0.464 e. The number of nitrogens with zero attached hydrogens (tertiary/aromatic N) is 6. The summed E-state index contributed by atoms with van der Waals surface area (Å²) in [6.07, 6.45) is 1.48. The maximum atomic E-state index is 11.6. The number of aryl methyl sites for hydroxylation is 1. The van der Waals surface area contributed by atoms with Crippen LogP contribution in [-0.2, 0) is 29.2 Å². The first-order valence-corrected chi connectivity index (χ1v) is 6.07. The van der Waals surface area contributed by atoms with Crippen LogP contribution in [0, 0.1) is 0 Å². The highest BCUT2D eigenvalue weighted by molar-refractivity contribution is 5.88. The molecule has 2 rings (SSSR count). The zero-order chi connectivity index (χ0) is 14.5. The second-order valence-electron chi connectivity index (χ2n) is 3.96. The van der Waals surface area contributed by atoms with Crippen LogP contribution < -0.4 is 0 Å². The molecule has 0 aliphatic rings. The Balaban J connectivity index is 2.32. The lowest BCUT2D eigenvalue weighted by Crippen LogP contribution is -2.14. The first-order chi connectivity index (χ1) is 9.71. The third-order valence-corrected chi connectivity index (χ3v) is 2.78. The summed E-state index contributed by atoms with van der Waals surface area (Å²) in [7, 11) is 2.83. The fourth-order valence-corrected chi connectivity index (χ4v) is 1.80. The van der Waals surface area contributed by atoms with E-state index in [2.05, 4.69) is 25.1 Å². The van der Waals surface area contributed by atoms with Crippen molar-refractivity contribution in [2.45, 2.75) is 26.6 Å². The maximum absolute atomic E-state index is 11.6. The van der Waals surface area contributed by atoms with Crippen molar-refractivity contribution in [1.82, 2.24) is 29.8 Å². The number of carbonyl (C=O) groups is 1. The first-order valence-electron chi connectivity index (χ1n) is 6.07. The maximum Gasteiger partial charge on any atom is 0.360 e. The molecule has 0 aliphatic heterocycles. The number of rotatable bonds is 6. The van der Waals surface area contributed by atoms with Crippen molar-refractivity contribution < 1.29 is 14.3 Å². The van der Waals surface area contributed by atoms with Gasteiger partial charge in [-0.2, -0.15) is 5.10 Å². The summed E-state index contributed by atoms with van der Waals surface area (Å²) in [6, 6.07) is 0. The Kier molecular flexibility index (Phi) is 4.41. The summed E-state index contributed by atoms with van der Waals surface area (Å²) >= 11 is 0. The topological polar surface area (TPSA) is 97.0 Å². The summed E-state index contributed by atoms with van der Waals surface area (Å²) in [6.45, 7) is 3.23. The summed E-state index contributed by atoms with van der Waals surface area (Å²) in [4.78, 5) is 15.8. The average Bonchev–Trinajstić information content (AvgIpc) is 3.06. The molecule has 0 N–H and O–H groups in total. The van der Waals surface area contributed by atoms with Crippen LogP contribution in [0.1, 0.15) is 28.9 Å². The Morgan fingerprint density at radius 1 is 1.35 bits per heavy atom. The van der Waals surface area contributed by atoms with Crippen LogP contribution in [0.15, 0.2) is 6.33 Å². The molecule has 9 heteroatoms. The standard InChI is InChI=1S/C11H16N6O3/c1-4-16-9(12-7-13-16)5-17-8(6-19-2)10(14-15-17)11(18)20-3/h7H,4-6H2,1-3H3. The molecule has 0 spiro atoms. The lowest BCUT2D eigenvalue weighted by molar-refractivity contribution is 0.0588. The fraction of sp³-hybridized carbons (Fsp3) is 0.545. The predicted molar refractivity (Wildman–Crippen MR) is 66.9 cm³/mol. The number of hydrogen-bond acceptors (Lipinski definition) is 7. The van der Waals surface area contributed by atoms with Gasteiger partial charge in [-0.3, -0.25) is 0 Å². The molecular weight excluding hydrogens is 264 g/mol. The van der Waals surface area contributed by atoms with Crippen molar-refractivity contribution >= 4 is 5.97 Å². The summed E-state index contributed by atoms with van der Waals surface area (Å²) in [5, 5.41) is 11.9. The quantitative estimate of drug-likeness (QED) is 0.680. The van der Waals surface area contributed by atoms with Crippen LogP contribution in [0.4, 0.5) is 0 Å². The highest BCUT2D eigenvalue weighted by atomic mass is 16.5. The lowest BCUT2D eigenvalue weighted by atomic mass is 10.3. The van der Waals surface area contributed by atoms with E-state index in [1.54, 1.807) is 9.36 Å². The molecule has 0 saturated carbocycles. The minimum atomic E-state index is -0.541. The predicted octanol–water partition coefficient (Wildman–Crippen LogP) is -0.129. The van der Waals surface area contributed by atoms with Gasteiger partial charge >= 0.3 is 5.97 Å². The van der Waals surface area contributed by atoms with Crippen molar-refractivity contribution in [3.05, 3.63) is 23.5 Å². The molecular formula is C11H16N6O3. The van der Waals surface area contributed by atoms with Gasteiger partial charge in [0, 0.05) is 13.7 Å². The molecule has 0 radical (unpaired) electrons. The van der Waals surface area contributed by atoms with Gasteiger partial charge in [0.25, 0.3) is 0 Å². The number of aromatic nitrogens is 6. The highest BCUT2D eigenvalue weighted by Crippen LogP contribution is 2.10. The first kappa shape index (κ1) is 14.1. The van der Waals surface area contributed by atoms with Crippen molar-refractivity contribution in [3.8, 4) is 0 Å². The average molecular weight is 280 g/mol. The minimum Gasteiger partial charge on any atom is -0.464 e. The van der Waals surface area contributed by atoms with Crippen molar-refractivity contribution in [2.75, 3.05) is 14.2 Å². The third-order valence-electron chi connectivity index (χ3n) is 2.78. The van der Waals surface area contributed by atoms with Crippen LogP contribution in [0.2, 0.25) is 0 Å². The number of hydrogen-bond donors (Lipinski definition) is 0. The van der Waals surface area contributed by atoms with Gasteiger partial charge in [0.05, 0.1) is 19.4 Å². The molecule has 0 unspecified atom stereocenters. The molecule has 2 aromatic heterocycles. The molecule has 0 saturated heterocycles. The molecule has 2 aromatic rings. The van der Waals surface area contributed by atoms with Gasteiger partial charge in [-0.1, -0.05) is 5.21 Å². The van der Waals surface area contributed by atoms with E-state index in [0.717, 1.165) is 5.82 Å². The van der Waals surface area contributed by atoms with Crippen LogP contribution in [0.5, 0.6) is 0 Å². The molecule has 0 aliphatic carbocycles. The Morgan fingerprint density at radius 2 is 2.15 bits per heavy atom. The molecule has 0 atom stereocenters. The molecule has 2 heterocycles. The molecule has 108 valence electrons. The van der Waals surface area contributed by atoms with Crippen LogP contribution in [0.3, 0.4) is 0 Å². The monoisotopic (exact) mass is 280 g/mol. The van der Waals surface area contributed by atoms with E-state index in [-0.39, 0.29) is 12.3 Å². The molecule has 0 fully saturated rings. The Bertz CT molecular complexity index is 591. The molecule has 0 bridgehead atoms. The van der Waals surface area contributed by atoms with Gasteiger partial charge in [0.2, 0.25) is 0 Å². The number of carbonyl (C=O) groups excluding carboxylic acids is 1. The van der Waals surface area contributed by atoms with Gasteiger partial charge in [-0.15, -0.1) is 5.10 Å². The van der Waals surface area contributed by atoms with Crippen LogP contribution in [0.25, 0.3) is 0 Å². The van der Waals surface area contributed by atoms with E-state index in [0.29, 0.717) is 18.8 Å². The normalized spacial score (nSPS) is 10.8. The second kappa shape index (κ2) is 6.24. The van der Waals surface area contributed by atoms with Gasteiger partial charge in [-0.25, -0.2) is 19.1 Å². The highest BCUT2D eigenvalue weighted by Gasteiger charge is 2.21. The SMILES string of the molecule is CCn1ncnc1Cn1nnc(C(=O)OC)c1COC. The smallest absolute Gasteiger partial charge is 0.360 e. The van der Waals surface area contributed by atoms with Crippen molar-refractivity contribution in [1.29, 1.82) is 0 Å². The molecule has 9 nitrogen and oxygen atoms in total. The number of ether oxygens (including phenoxy) is 2. The van der Waals surface area contributed by atoms with Crippen LogP contribution >= 0.6 is 0 Å².